The van der Waals surface area contributed by atoms with Gasteiger partial charge >= 0.3 is 0 Å². The van der Waals surface area contributed by atoms with Gasteiger partial charge in [0.2, 0.25) is 0 Å². The van der Waals surface area contributed by atoms with E-state index in [2.05, 4.69) is 20.3 Å². The Morgan fingerprint density at radius 1 is 1.04 bits per heavy atom. The van der Waals surface area contributed by atoms with Gasteiger partial charge in [-0.25, -0.2) is 9.97 Å². The number of nitrogens with zero attached hydrogens (tertiary/aromatic N) is 5. The van der Waals surface area contributed by atoms with Crippen LogP contribution >= 0.6 is 0 Å². The SMILES string of the molecule is Cc1nc(C)c(CN[C@H]2CCCc3nc(-c4cccnc4)ncc32)nc1C. The van der Waals surface area contributed by atoms with Crippen LogP contribution in [-0.4, -0.2) is 24.9 Å². The van der Waals surface area contributed by atoms with Crippen molar-refractivity contribution in [1.82, 2.24) is 30.2 Å². The van der Waals surface area contributed by atoms with Crippen LogP contribution in [0.4, 0.5) is 0 Å². The van der Waals surface area contributed by atoms with Gasteiger partial charge in [-0.2, -0.15) is 0 Å². The van der Waals surface area contributed by atoms with E-state index in [1.807, 2.05) is 45.3 Å². The normalized spacial score (nSPS) is 16.2. The third-order valence-corrected chi connectivity index (χ3v) is 5.20. The van der Waals surface area contributed by atoms with Crippen molar-refractivity contribution in [2.75, 3.05) is 0 Å². The van der Waals surface area contributed by atoms with Crippen molar-refractivity contribution >= 4 is 0 Å². The molecule has 0 saturated heterocycles. The third kappa shape index (κ3) is 3.71. The van der Waals surface area contributed by atoms with Gasteiger partial charge in [-0.15, -0.1) is 0 Å². The van der Waals surface area contributed by atoms with E-state index >= 15 is 0 Å². The van der Waals surface area contributed by atoms with E-state index in [9.17, 15) is 0 Å². The van der Waals surface area contributed by atoms with Gasteiger partial charge in [0.1, 0.15) is 0 Å². The van der Waals surface area contributed by atoms with Crippen LogP contribution in [0.15, 0.2) is 30.7 Å². The van der Waals surface area contributed by atoms with E-state index in [0.717, 1.165) is 59.1 Å². The first-order valence-electron chi connectivity index (χ1n) is 9.42. The van der Waals surface area contributed by atoms with Gasteiger partial charge in [-0.05, 0) is 52.2 Å². The molecule has 1 aliphatic rings. The monoisotopic (exact) mass is 360 g/mol. The zero-order valence-corrected chi connectivity index (χ0v) is 16.0. The van der Waals surface area contributed by atoms with Crippen LogP contribution in [-0.2, 0) is 13.0 Å². The molecule has 1 aliphatic carbocycles. The highest BCUT2D eigenvalue weighted by molar-refractivity contribution is 5.53. The summed E-state index contributed by atoms with van der Waals surface area (Å²) in [6, 6.07) is 4.16. The fourth-order valence-corrected chi connectivity index (χ4v) is 3.54. The van der Waals surface area contributed by atoms with E-state index < -0.39 is 0 Å². The molecule has 6 nitrogen and oxygen atoms in total. The lowest BCUT2D eigenvalue weighted by molar-refractivity contribution is 0.448. The standard InChI is InChI=1S/C21H24N6/c1-13-14(2)26-20(15(3)25-13)12-23-18-7-4-8-19-17(18)11-24-21(27-19)16-6-5-9-22-10-16/h5-6,9-11,18,23H,4,7-8,12H2,1-3H3/t18-/m0/s1. The molecule has 1 atom stereocenters. The third-order valence-electron chi connectivity index (χ3n) is 5.20. The summed E-state index contributed by atoms with van der Waals surface area (Å²) >= 11 is 0. The number of hydrogen-bond acceptors (Lipinski definition) is 6. The fourth-order valence-electron chi connectivity index (χ4n) is 3.54. The minimum Gasteiger partial charge on any atom is -0.304 e. The van der Waals surface area contributed by atoms with E-state index in [1.54, 1.807) is 6.20 Å². The fraction of sp³-hybridized carbons (Fsp3) is 0.381. The number of pyridine rings is 1. The summed E-state index contributed by atoms with van der Waals surface area (Å²) < 4.78 is 0. The Hall–Kier alpha value is -2.73. The molecule has 3 aromatic heterocycles. The molecule has 0 amide bonds. The second kappa shape index (κ2) is 7.48. The number of hydrogen-bond donors (Lipinski definition) is 1. The number of rotatable bonds is 4. The summed E-state index contributed by atoms with van der Waals surface area (Å²) in [6.07, 6.45) is 8.73. The molecule has 0 bridgehead atoms. The Balaban J connectivity index is 1.54. The van der Waals surface area contributed by atoms with Crippen molar-refractivity contribution in [2.24, 2.45) is 0 Å². The molecule has 0 saturated carbocycles. The van der Waals surface area contributed by atoms with Crippen LogP contribution in [0.2, 0.25) is 0 Å². The maximum absolute atomic E-state index is 4.81. The summed E-state index contributed by atoms with van der Waals surface area (Å²) in [7, 11) is 0. The average molecular weight is 360 g/mol. The van der Waals surface area contributed by atoms with Crippen LogP contribution in [0.25, 0.3) is 11.4 Å². The molecule has 0 unspecified atom stereocenters. The summed E-state index contributed by atoms with van der Waals surface area (Å²) in [6.45, 7) is 6.74. The maximum Gasteiger partial charge on any atom is 0.160 e. The number of aromatic nitrogens is 5. The smallest absolute Gasteiger partial charge is 0.160 e. The zero-order chi connectivity index (χ0) is 18.8. The van der Waals surface area contributed by atoms with Crippen LogP contribution < -0.4 is 5.32 Å². The van der Waals surface area contributed by atoms with Crippen LogP contribution in [0.3, 0.4) is 0 Å². The number of aryl methyl sites for hydroxylation is 4. The van der Waals surface area contributed by atoms with Crippen LogP contribution in [0.5, 0.6) is 0 Å². The van der Waals surface area contributed by atoms with Crippen LogP contribution in [0.1, 0.15) is 52.9 Å². The topological polar surface area (TPSA) is 76.5 Å². The molecule has 0 aromatic carbocycles. The van der Waals surface area contributed by atoms with Gasteiger partial charge in [0, 0.05) is 48.0 Å². The highest BCUT2D eigenvalue weighted by Gasteiger charge is 2.22. The van der Waals surface area contributed by atoms with Gasteiger partial charge in [0.05, 0.1) is 22.8 Å². The Morgan fingerprint density at radius 3 is 2.70 bits per heavy atom. The van der Waals surface area contributed by atoms with Crippen molar-refractivity contribution < 1.29 is 0 Å². The van der Waals surface area contributed by atoms with E-state index in [-0.39, 0.29) is 6.04 Å². The number of nitrogens with one attached hydrogen (secondary N) is 1. The van der Waals surface area contributed by atoms with Gasteiger partial charge in [0.25, 0.3) is 0 Å². The van der Waals surface area contributed by atoms with Crippen molar-refractivity contribution in [3.63, 3.8) is 0 Å². The quantitative estimate of drug-likeness (QED) is 0.768. The second-order valence-corrected chi connectivity index (χ2v) is 7.09. The molecule has 0 spiro atoms. The summed E-state index contributed by atoms with van der Waals surface area (Å²) in [5.74, 6) is 0.748. The van der Waals surface area contributed by atoms with Crippen molar-refractivity contribution in [1.29, 1.82) is 0 Å². The molecule has 6 heteroatoms. The predicted molar refractivity (Wildman–Crippen MR) is 104 cm³/mol. The molecule has 3 heterocycles. The zero-order valence-electron chi connectivity index (χ0n) is 16.0. The van der Waals surface area contributed by atoms with E-state index in [4.69, 9.17) is 9.97 Å². The second-order valence-electron chi connectivity index (χ2n) is 7.09. The minimum absolute atomic E-state index is 0.250. The van der Waals surface area contributed by atoms with Gasteiger partial charge in [0.15, 0.2) is 5.82 Å². The average Bonchev–Trinajstić information content (AvgIpc) is 2.70. The lowest BCUT2D eigenvalue weighted by atomic mass is 9.92. The van der Waals surface area contributed by atoms with Crippen LogP contribution in [0, 0.1) is 20.8 Å². The molecule has 4 rings (SSSR count). The lowest BCUT2D eigenvalue weighted by Crippen LogP contribution is -2.27. The van der Waals surface area contributed by atoms with Gasteiger partial charge in [-0.1, -0.05) is 0 Å². The largest absolute Gasteiger partial charge is 0.304 e. The van der Waals surface area contributed by atoms with Gasteiger partial charge in [-0.3, -0.25) is 15.0 Å². The van der Waals surface area contributed by atoms with E-state index in [0.29, 0.717) is 6.54 Å². The number of fused-ring (bicyclic) bond motifs is 1. The Labute approximate surface area is 159 Å². The van der Waals surface area contributed by atoms with Crippen molar-refractivity contribution in [2.45, 2.75) is 52.6 Å². The molecular weight excluding hydrogens is 336 g/mol. The highest BCUT2D eigenvalue weighted by Crippen LogP contribution is 2.29. The van der Waals surface area contributed by atoms with Crippen molar-refractivity contribution in [3.8, 4) is 11.4 Å². The maximum atomic E-state index is 4.81. The first-order valence-corrected chi connectivity index (χ1v) is 9.42. The van der Waals surface area contributed by atoms with Crippen molar-refractivity contribution in [3.05, 3.63) is 64.8 Å². The molecule has 0 fully saturated rings. The Bertz CT molecular complexity index is 954. The molecule has 1 N–H and O–H groups in total. The first kappa shape index (κ1) is 17.7. The Kier molecular flexibility index (Phi) is 4.90. The molecule has 27 heavy (non-hydrogen) atoms. The van der Waals surface area contributed by atoms with E-state index in [1.165, 1.54) is 5.56 Å². The molecular formula is C21H24N6. The first-order chi connectivity index (χ1) is 13.1. The summed E-state index contributed by atoms with van der Waals surface area (Å²) in [5, 5.41) is 3.65. The molecule has 0 radical (unpaired) electrons. The molecule has 138 valence electrons. The molecule has 3 aromatic rings. The molecule has 0 aliphatic heterocycles. The highest BCUT2D eigenvalue weighted by atomic mass is 15.0. The summed E-state index contributed by atoms with van der Waals surface area (Å²) in [4.78, 5) is 22.9. The lowest BCUT2D eigenvalue weighted by Gasteiger charge is -2.26. The minimum atomic E-state index is 0.250. The predicted octanol–water partition coefficient (Wildman–Crippen LogP) is 3.42. The summed E-state index contributed by atoms with van der Waals surface area (Å²) in [5.41, 5.74) is 7.28. The Morgan fingerprint density at radius 2 is 1.89 bits per heavy atom. The van der Waals surface area contributed by atoms with Gasteiger partial charge < -0.3 is 5.32 Å².